The van der Waals surface area contributed by atoms with E-state index < -0.39 is 27.7 Å². The van der Waals surface area contributed by atoms with E-state index in [1.807, 2.05) is 0 Å². The highest BCUT2D eigenvalue weighted by atomic mass is 35.5. The van der Waals surface area contributed by atoms with Crippen LogP contribution in [-0.4, -0.2) is 20.6 Å². The Morgan fingerprint density at radius 1 is 0.970 bits per heavy atom. The van der Waals surface area contributed by atoms with E-state index in [4.69, 9.17) is 23.2 Å². The highest BCUT2D eigenvalue weighted by molar-refractivity contribution is 7.92. The van der Waals surface area contributed by atoms with Gasteiger partial charge in [-0.1, -0.05) is 35.3 Å². The Labute approximate surface area is 198 Å². The lowest BCUT2D eigenvalue weighted by molar-refractivity contribution is -0.137. The average Bonchev–Trinajstić information content (AvgIpc) is 2.72. The molecular weight excluding hydrogens is 500 g/mol. The van der Waals surface area contributed by atoms with E-state index in [-0.39, 0.29) is 23.5 Å². The van der Waals surface area contributed by atoms with Gasteiger partial charge in [-0.3, -0.25) is 9.10 Å². The van der Waals surface area contributed by atoms with Gasteiger partial charge in [-0.25, -0.2) is 8.42 Å². The molecule has 0 saturated carbocycles. The van der Waals surface area contributed by atoms with E-state index in [0.29, 0.717) is 15.6 Å². The molecule has 0 aliphatic heterocycles. The topological polar surface area (TPSA) is 66.5 Å². The van der Waals surface area contributed by atoms with E-state index in [2.05, 4.69) is 5.32 Å². The number of alkyl halides is 3. The molecular formula is C22H17Cl2F3N2O3S. The van der Waals surface area contributed by atoms with Crippen molar-refractivity contribution < 1.29 is 26.4 Å². The first-order valence-corrected chi connectivity index (χ1v) is 12.0. The number of carbonyl (C=O) groups excluding carboxylic acids is 1. The lowest BCUT2D eigenvalue weighted by atomic mass is 10.1. The zero-order valence-electron chi connectivity index (χ0n) is 17.0. The summed E-state index contributed by atoms with van der Waals surface area (Å²) >= 11 is 12.3. The first kappa shape index (κ1) is 24.9. The van der Waals surface area contributed by atoms with Crippen molar-refractivity contribution in [2.45, 2.75) is 12.7 Å². The predicted octanol–water partition coefficient (Wildman–Crippen LogP) is 6.23. The minimum Gasteiger partial charge on any atom is -0.322 e. The third kappa shape index (κ3) is 6.19. The van der Waals surface area contributed by atoms with Crippen molar-refractivity contribution in [1.82, 2.24) is 0 Å². The second-order valence-corrected chi connectivity index (χ2v) is 9.77. The number of carbonyl (C=O) groups is 1. The maximum Gasteiger partial charge on any atom is 0.416 e. The summed E-state index contributed by atoms with van der Waals surface area (Å²) in [6, 6.07) is 14.6. The Morgan fingerprint density at radius 2 is 1.55 bits per heavy atom. The average molecular weight is 517 g/mol. The van der Waals surface area contributed by atoms with Gasteiger partial charge in [0.1, 0.15) is 0 Å². The highest BCUT2D eigenvalue weighted by Gasteiger charge is 2.30. The monoisotopic (exact) mass is 516 g/mol. The molecule has 0 aromatic heterocycles. The molecule has 3 aromatic carbocycles. The van der Waals surface area contributed by atoms with Gasteiger partial charge in [0.15, 0.2) is 0 Å². The first-order chi connectivity index (χ1) is 15.4. The van der Waals surface area contributed by atoms with Crippen molar-refractivity contribution in [3.8, 4) is 0 Å². The minimum absolute atomic E-state index is 0.0231. The molecule has 174 valence electrons. The molecule has 0 aliphatic carbocycles. The first-order valence-electron chi connectivity index (χ1n) is 9.35. The smallest absolute Gasteiger partial charge is 0.322 e. The SMILES string of the molecule is CS(=O)(=O)N(Cc1c(Cl)cccc1Cl)c1ccc(C(=O)Nc2cccc(C(F)(F)F)c2)cc1. The summed E-state index contributed by atoms with van der Waals surface area (Å²) in [7, 11) is -3.74. The van der Waals surface area contributed by atoms with Gasteiger partial charge in [0.2, 0.25) is 10.0 Å². The van der Waals surface area contributed by atoms with Crippen LogP contribution in [0.25, 0.3) is 0 Å². The summed E-state index contributed by atoms with van der Waals surface area (Å²) in [6.07, 6.45) is -3.52. The highest BCUT2D eigenvalue weighted by Crippen LogP contribution is 2.31. The number of hydrogen-bond donors (Lipinski definition) is 1. The molecule has 3 aromatic rings. The zero-order chi connectivity index (χ0) is 24.4. The van der Waals surface area contributed by atoms with Gasteiger partial charge < -0.3 is 5.32 Å². The Morgan fingerprint density at radius 3 is 2.09 bits per heavy atom. The Kier molecular flexibility index (Phi) is 7.26. The molecule has 0 spiro atoms. The van der Waals surface area contributed by atoms with Crippen LogP contribution in [0.1, 0.15) is 21.5 Å². The Hall–Kier alpha value is -2.75. The van der Waals surface area contributed by atoms with Crippen LogP contribution in [0.4, 0.5) is 24.5 Å². The lowest BCUT2D eigenvalue weighted by Gasteiger charge is -2.23. The van der Waals surface area contributed by atoms with Crippen LogP contribution in [0, 0.1) is 0 Å². The van der Waals surface area contributed by atoms with E-state index in [9.17, 15) is 26.4 Å². The maximum absolute atomic E-state index is 12.9. The van der Waals surface area contributed by atoms with E-state index in [0.717, 1.165) is 22.7 Å². The van der Waals surface area contributed by atoms with Gasteiger partial charge in [-0.15, -0.1) is 0 Å². The molecule has 1 amide bonds. The normalized spacial score (nSPS) is 11.8. The number of sulfonamides is 1. The number of nitrogens with zero attached hydrogens (tertiary/aromatic N) is 1. The van der Waals surface area contributed by atoms with Crippen LogP contribution in [-0.2, 0) is 22.7 Å². The van der Waals surface area contributed by atoms with Crippen molar-refractivity contribution in [3.05, 3.63) is 93.5 Å². The summed E-state index contributed by atoms with van der Waals surface area (Å²) in [5.74, 6) is -0.652. The molecule has 33 heavy (non-hydrogen) atoms. The molecule has 11 heteroatoms. The van der Waals surface area contributed by atoms with Gasteiger partial charge in [0.25, 0.3) is 5.91 Å². The predicted molar refractivity (Wildman–Crippen MR) is 123 cm³/mol. The molecule has 0 heterocycles. The van der Waals surface area contributed by atoms with Gasteiger partial charge in [0, 0.05) is 26.9 Å². The number of rotatable bonds is 6. The van der Waals surface area contributed by atoms with Crippen LogP contribution in [0.15, 0.2) is 66.7 Å². The summed E-state index contributed by atoms with van der Waals surface area (Å²) < 4.78 is 64.5. The molecule has 0 bridgehead atoms. The van der Waals surface area contributed by atoms with Crippen LogP contribution in [0.5, 0.6) is 0 Å². The molecule has 0 radical (unpaired) electrons. The largest absolute Gasteiger partial charge is 0.416 e. The van der Waals surface area contributed by atoms with Gasteiger partial charge in [-0.05, 0) is 54.6 Å². The number of hydrogen-bond acceptors (Lipinski definition) is 3. The molecule has 0 atom stereocenters. The standard InChI is InChI=1S/C22H17Cl2F3N2O3S/c1-33(31,32)29(13-18-19(23)6-3-7-20(18)24)17-10-8-14(9-11-17)21(30)28-16-5-2-4-15(12-16)22(25,26)27/h2-12H,13H2,1H3,(H,28,30). The van der Waals surface area contributed by atoms with Crippen molar-refractivity contribution in [2.24, 2.45) is 0 Å². The number of amides is 1. The number of halogens is 5. The maximum atomic E-state index is 12.9. The zero-order valence-corrected chi connectivity index (χ0v) is 19.4. The second-order valence-electron chi connectivity index (χ2n) is 7.05. The van der Waals surface area contributed by atoms with Crippen LogP contribution in [0.2, 0.25) is 10.0 Å². The summed E-state index contributed by atoms with van der Waals surface area (Å²) in [4.78, 5) is 12.5. The molecule has 0 fully saturated rings. The van der Waals surface area contributed by atoms with Crippen molar-refractivity contribution >= 4 is 50.5 Å². The van der Waals surface area contributed by atoms with Crippen LogP contribution in [0.3, 0.4) is 0 Å². The summed E-state index contributed by atoms with van der Waals surface area (Å²) in [6.45, 7) is -0.132. The Balaban J connectivity index is 1.83. The second kappa shape index (κ2) is 9.62. The molecule has 0 aliphatic rings. The van der Waals surface area contributed by atoms with Crippen molar-refractivity contribution in [1.29, 1.82) is 0 Å². The number of nitrogens with one attached hydrogen (secondary N) is 1. The van der Waals surface area contributed by atoms with Crippen molar-refractivity contribution in [2.75, 3.05) is 15.9 Å². The fourth-order valence-corrected chi connectivity index (χ4v) is 4.37. The van der Waals surface area contributed by atoms with Gasteiger partial charge in [-0.2, -0.15) is 13.2 Å². The molecule has 0 unspecified atom stereocenters. The van der Waals surface area contributed by atoms with Gasteiger partial charge >= 0.3 is 6.18 Å². The van der Waals surface area contributed by atoms with E-state index in [1.165, 1.54) is 36.4 Å². The van der Waals surface area contributed by atoms with Crippen LogP contribution >= 0.6 is 23.2 Å². The summed E-state index contributed by atoms with van der Waals surface area (Å²) in [5, 5.41) is 3.00. The fraction of sp³-hybridized carbons (Fsp3) is 0.136. The van der Waals surface area contributed by atoms with E-state index in [1.54, 1.807) is 18.2 Å². The Bertz CT molecular complexity index is 1260. The number of anilines is 2. The lowest BCUT2D eigenvalue weighted by Crippen LogP contribution is -2.29. The van der Waals surface area contributed by atoms with Crippen LogP contribution < -0.4 is 9.62 Å². The van der Waals surface area contributed by atoms with E-state index >= 15 is 0 Å². The van der Waals surface area contributed by atoms with Crippen molar-refractivity contribution in [3.63, 3.8) is 0 Å². The third-order valence-electron chi connectivity index (χ3n) is 4.63. The number of benzene rings is 3. The minimum atomic E-state index is -4.54. The molecule has 0 saturated heterocycles. The molecule has 1 N–H and O–H groups in total. The third-order valence-corrected chi connectivity index (χ3v) is 6.48. The summed E-state index contributed by atoms with van der Waals surface area (Å²) in [5.41, 5.74) is -0.121. The molecule has 3 rings (SSSR count). The fourth-order valence-electron chi connectivity index (χ4n) is 2.98. The van der Waals surface area contributed by atoms with Gasteiger partial charge in [0.05, 0.1) is 24.1 Å². The molecule has 5 nitrogen and oxygen atoms in total. The quantitative estimate of drug-likeness (QED) is 0.422.